The van der Waals surface area contributed by atoms with Gasteiger partial charge in [-0.3, -0.25) is 14.6 Å². The molecular weight excluding hydrogens is 404 g/mol. The van der Waals surface area contributed by atoms with E-state index in [2.05, 4.69) is 31.8 Å². The molecule has 1 aromatic heterocycles. The van der Waals surface area contributed by atoms with Crippen molar-refractivity contribution >= 4 is 11.9 Å². The fourth-order valence-electron chi connectivity index (χ4n) is 4.01. The van der Waals surface area contributed by atoms with E-state index >= 15 is 0 Å². The Labute approximate surface area is 190 Å². The zero-order valence-electron chi connectivity index (χ0n) is 19.3. The average Bonchev–Trinajstić information content (AvgIpc) is 3.13. The maximum atomic E-state index is 12.6. The number of rotatable bonds is 10. The number of carbonyl (C=O) groups excluding carboxylic acids is 1. The maximum Gasteiger partial charge on any atom is 0.307 e. The Morgan fingerprint density at radius 3 is 2.31 bits per heavy atom. The van der Waals surface area contributed by atoms with Crippen molar-refractivity contribution in [2.45, 2.75) is 46.5 Å². The van der Waals surface area contributed by atoms with Crippen molar-refractivity contribution in [2.75, 3.05) is 19.7 Å². The molecule has 172 valence electrons. The minimum absolute atomic E-state index is 0.0385. The summed E-state index contributed by atoms with van der Waals surface area (Å²) in [5.74, 6) is -0.0585. The van der Waals surface area contributed by atoms with Crippen LogP contribution in [0.1, 0.15) is 44.0 Å². The zero-order valence-corrected chi connectivity index (χ0v) is 19.3. The van der Waals surface area contributed by atoms with E-state index in [1.807, 2.05) is 41.4 Å². The number of pyridine rings is 1. The first-order valence-corrected chi connectivity index (χ1v) is 11.5. The van der Waals surface area contributed by atoms with Crippen LogP contribution >= 0.6 is 0 Å². The van der Waals surface area contributed by atoms with Gasteiger partial charge >= 0.3 is 5.97 Å². The van der Waals surface area contributed by atoms with Crippen molar-refractivity contribution in [1.29, 1.82) is 0 Å². The molecule has 6 nitrogen and oxygen atoms in total. The molecule has 1 fully saturated rings. The quantitative estimate of drug-likeness (QED) is 0.606. The molecule has 0 aliphatic carbocycles. The summed E-state index contributed by atoms with van der Waals surface area (Å²) >= 11 is 0. The molecule has 6 heteroatoms. The third kappa shape index (κ3) is 6.55. The molecule has 1 saturated heterocycles. The monoisotopic (exact) mass is 438 g/mol. The molecule has 1 amide bonds. The lowest BCUT2D eigenvalue weighted by Crippen LogP contribution is -2.32. The van der Waals surface area contributed by atoms with Crippen LogP contribution in [0, 0.1) is 17.8 Å². The molecule has 2 heterocycles. The summed E-state index contributed by atoms with van der Waals surface area (Å²) in [6.45, 7) is 8.34. The van der Waals surface area contributed by atoms with Crippen LogP contribution < -0.4 is 4.74 Å². The Balaban J connectivity index is 1.49. The Morgan fingerprint density at radius 2 is 1.75 bits per heavy atom. The largest absolute Gasteiger partial charge is 0.493 e. The van der Waals surface area contributed by atoms with Crippen molar-refractivity contribution in [3.8, 4) is 5.75 Å². The number of nitrogens with zero attached hydrogens (tertiary/aromatic N) is 2. The van der Waals surface area contributed by atoms with E-state index in [9.17, 15) is 14.7 Å². The standard InChI is InChI=1S/C26H34N2O4/c1-4-20-5-8-23(27-15-20)11-12-32-24-9-6-21(7-10-24)13-22(26(30)31)14-25(29)28-16-18(2)19(3)17-28/h5-10,15,18-19,22H,4,11-14,16-17H2,1-3H3,(H,30,31)/t18-,19+,22?. The molecule has 1 N–H and O–H groups in total. The van der Waals surface area contributed by atoms with Gasteiger partial charge in [0.1, 0.15) is 5.75 Å². The molecular formula is C26H34N2O4. The maximum absolute atomic E-state index is 12.6. The normalized spacial score (nSPS) is 19.0. The van der Waals surface area contributed by atoms with Crippen LogP contribution in [0.4, 0.5) is 0 Å². The molecule has 1 aliphatic rings. The predicted octanol–water partition coefficient (Wildman–Crippen LogP) is 4.01. The second-order valence-corrected chi connectivity index (χ2v) is 8.95. The van der Waals surface area contributed by atoms with Gasteiger partial charge in [-0.25, -0.2) is 0 Å². The number of hydrogen-bond acceptors (Lipinski definition) is 4. The molecule has 32 heavy (non-hydrogen) atoms. The summed E-state index contributed by atoms with van der Waals surface area (Å²) in [7, 11) is 0. The van der Waals surface area contributed by atoms with E-state index in [1.54, 1.807) is 0 Å². The summed E-state index contributed by atoms with van der Waals surface area (Å²) in [4.78, 5) is 30.6. The van der Waals surface area contributed by atoms with Gasteiger partial charge in [-0.1, -0.05) is 39.0 Å². The average molecular weight is 439 g/mol. The number of carboxylic acid groups (broad SMARTS) is 1. The van der Waals surface area contributed by atoms with Gasteiger partial charge in [-0.05, 0) is 54.0 Å². The number of ether oxygens (including phenoxy) is 1. The Morgan fingerprint density at radius 1 is 1.09 bits per heavy atom. The second kappa shape index (κ2) is 11.1. The smallest absolute Gasteiger partial charge is 0.307 e. The van der Waals surface area contributed by atoms with Gasteiger partial charge in [0.2, 0.25) is 5.91 Å². The van der Waals surface area contributed by atoms with E-state index in [1.165, 1.54) is 5.56 Å². The molecule has 1 unspecified atom stereocenters. The lowest BCUT2D eigenvalue weighted by Gasteiger charge is -2.19. The van der Waals surface area contributed by atoms with E-state index in [-0.39, 0.29) is 12.3 Å². The highest BCUT2D eigenvalue weighted by molar-refractivity contribution is 5.82. The number of hydrogen-bond donors (Lipinski definition) is 1. The second-order valence-electron chi connectivity index (χ2n) is 8.95. The number of aromatic nitrogens is 1. The minimum atomic E-state index is -0.930. The van der Waals surface area contributed by atoms with Crippen LogP contribution in [0.3, 0.4) is 0 Å². The van der Waals surface area contributed by atoms with Gasteiger partial charge in [0, 0.05) is 37.8 Å². The molecule has 0 saturated carbocycles. The first kappa shape index (κ1) is 23.8. The van der Waals surface area contributed by atoms with Crippen molar-refractivity contribution in [3.63, 3.8) is 0 Å². The van der Waals surface area contributed by atoms with E-state index in [0.717, 1.165) is 42.9 Å². The first-order chi connectivity index (χ1) is 15.4. The van der Waals surface area contributed by atoms with Crippen molar-refractivity contribution in [1.82, 2.24) is 9.88 Å². The van der Waals surface area contributed by atoms with Crippen LogP contribution in [0.25, 0.3) is 0 Å². The predicted molar refractivity (Wildman–Crippen MR) is 124 cm³/mol. The van der Waals surface area contributed by atoms with Crippen LogP contribution in [0.15, 0.2) is 42.6 Å². The van der Waals surface area contributed by atoms with Gasteiger partial charge < -0.3 is 14.7 Å². The van der Waals surface area contributed by atoms with Gasteiger partial charge in [-0.15, -0.1) is 0 Å². The zero-order chi connectivity index (χ0) is 23.1. The Bertz CT molecular complexity index is 885. The Hall–Kier alpha value is -2.89. The molecule has 1 aliphatic heterocycles. The van der Waals surface area contributed by atoms with Crippen molar-refractivity contribution in [2.24, 2.45) is 17.8 Å². The van der Waals surface area contributed by atoms with Crippen LogP contribution in [0.5, 0.6) is 5.75 Å². The number of benzene rings is 1. The van der Waals surface area contributed by atoms with Gasteiger partial charge in [0.25, 0.3) is 0 Å². The van der Waals surface area contributed by atoms with Crippen LogP contribution in [-0.2, 0) is 28.9 Å². The first-order valence-electron chi connectivity index (χ1n) is 11.5. The van der Waals surface area contributed by atoms with Crippen LogP contribution in [0.2, 0.25) is 0 Å². The topological polar surface area (TPSA) is 79.7 Å². The molecule has 3 rings (SSSR count). The number of carboxylic acids is 1. The summed E-state index contributed by atoms with van der Waals surface area (Å²) in [6.07, 6.45) is 3.97. The van der Waals surface area contributed by atoms with E-state index < -0.39 is 11.9 Å². The molecule has 0 spiro atoms. The van der Waals surface area contributed by atoms with E-state index in [4.69, 9.17) is 4.74 Å². The van der Waals surface area contributed by atoms with E-state index in [0.29, 0.717) is 24.9 Å². The third-order valence-electron chi connectivity index (χ3n) is 6.44. The highest BCUT2D eigenvalue weighted by atomic mass is 16.5. The third-order valence-corrected chi connectivity index (χ3v) is 6.44. The fraction of sp³-hybridized carbons (Fsp3) is 0.500. The summed E-state index contributed by atoms with van der Waals surface area (Å²) in [5, 5.41) is 9.64. The van der Waals surface area contributed by atoms with Crippen molar-refractivity contribution in [3.05, 3.63) is 59.4 Å². The molecule has 3 atom stereocenters. The Kier molecular flexibility index (Phi) is 8.26. The molecule has 1 aromatic carbocycles. The highest BCUT2D eigenvalue weighted by Gasteiger charge is 2.31. The number of likely N-dealkylation sites (tertiary alicyclic amines) is 1. The highest BCUT2D eigenvalue weighted by Crippen LogP contribution is 2.24. The van der Waals surface area contributed by atoms with Gasteiger partial charge in [-0.2, -0.15) is 0 Å². The summed E-state index contributed by atoms with van der Waals surface area (Å²) in [5.41, 5.74) is 3.10. The number of aliphatic carboxylic acids is 1. The number of amides is 1. The van der Waals surface area contributed by atoms with Crippen LogP contribution in [-0.4, -0.2) is 46.6 Å². The van der Waals surface area contributed by atoms with Gasteiger partial charge in [0.05, 0.1) is 12.5 Å². The van der Waals surface area contributed by atoms with Crippen molar-refractivity contribution < 1.29 is 19.4 Å². The summed E-state index contributed by atoms with van der Waals surface area (Å²) in [6, 6.07) is 11.6. The van der Waals surface area contributed by atoms with Gasteiger partial charge in [0.15, 0.2) is 0 Å². The lowest BCUT2D eigenvalue weighted by atomic mass is 9.95. The minimum Gasteiger partial charge on any atom is -0.493 e. The number of aryl methyl sites for hydroxylation is 1. The summed E-state index contributed by atoms with van der Waals surface area (Å²) < 4.78 is 5.81. The molecule has 0 bridgehead atoms. The lowest BCUT2D eigenvalue weighted by molar-refractivity contribution is -0.145. The number of carbonyl (C=O) groups is 2. The fourth-order valence-corrected chi connectivity index (χ4v) is 4.01. The molecule has 0 radical (unpaired) electrons. The SMILES string of the molecule is CCc1ccc(CCOc2ccc(CC(CC(=O)N3C[C@@H](C)[C@@H](C)C3)C(=O)O)cc2)nc1. The molecule has 2 aromatic rings.